The van der Waals surface area contributed by atoms with E-state index in [0.717, 1.165) is 36.5 Å². The molecule has 0 radical (unpaired) electrons. The van der Waals surface area contributed by atoms with Gasteiger partial charge in [-0.2, -0.15) is 0 Å². The third kappa shape index (κ3) is 5.14. The van der Waals surface area contributed by atoms with Crippen molar-refractivity contribution < 1.29 is 14.0 Å². The molecular weight excluding hydrogens is 416 g/mol. The first kappa shape index (κ1) is 23.1. The zero-order valence-electron chi connectivity index (χ0n) is 20.0. The van der Waals surface area contributed by atoms with Crippen LogP contribution in [0, 0.1) is 5.41 Å². The first-order chi connectivity index (χ1) is 15.7. The van der Waals surface area contributed by atoms with Gasteiger partial charge in [-0.15, -0.1) is 0 Å². The molecule has 1 amide bonds. The lowest BCUT2D eigenvalue weighted by Gasteiger charge is -2.36. The normalized spacial score (nSPS) is 19.6. The van der Waals surface area contributed by atoms with Crippen molar-refractivity contribution in [2.75, 3.05) is 43.9 Å². The minimum absolute atomic E-state index is 0.0762. The van der Waals surface area contributed by atoms with E-state index in [1.165, 1.54) is 0 Å². The van der Waals surface area contributed by atoms with Crippen LogP contribution in [0.1, 0.15) is 44.9 Å². The molecule has 7 nitrogen and oxygen atoms in total. The molecule has 2 aromatic rings. The fraction of sp³-hybridized carbons (Fsp3) is 0.462. The van der Waals surface area contributed by atoms with Gasteiger partial charge in [-0.05, 0) is 63.2 Å². The summed E-state index contributed by atoms with van der Waals surface area (Å²) >= 11 is 0. The van der Waals surface area contributed by atoms with Crippen LogP contribution in [0.5, 0.6) is 0 Å². The zero-order chi connectivity index (χ0) is 23.6. The van der Waals surface area contributed by atoms with Gasteiger partial charge in [-0.25, -0.2) is 0 Å². The Balaban J connectivity index is 1.72. The van der Waals surface area contributed by atoms with Crippen LogP contribution < -0.4 is 15.5 Å². The summed E-state index contributed by atoms with van der Waals surface area (Å²) in [5.41, 5.74) is 3.25. The number of allylic oxidation sites excluding steroid dienone is 1. The lowest BCUT2D eigenvalue weighted by Crippen LogP contribution is -2.42. The smallest absolute Gasteiger partial charge is 0.239 e. The highest BCUT2D eigenvalue weighted by Crippen LogP contribution is 2.48. The number of carbonyl (C=O) groups is 2. The van der Waals surface area contributed by atoms with Crippen LogP contribution in [0.25, 0.3) is 0 Å². The van der Waals surface area contributed by atoms with Crippen molar-refractivity contribution >= 4 is 23.1 Å². The van der Waals surface area contributed by atoms with Crippen molar-refractivity contribution in [2.45, 2.75) is 39.2 Å². The summed E-state index contributed by atoms with van der Waals surface area (Å²) < 4.78 is 5.84. The number of fused-ring (bicyclic) bond motifs is 1. The topological polar surface area (TPSA) is 77.8 Å². The van der Waals surface area contributed by atoms with E-state index in [0.29, 0.717) is 24.3 Å². The van der Waals surface area contributed by atoms with Gasteiger partial charge in [0.1, 0.15) is 11.8 Å². The second-order valence-corrected chi connectivity index (χ2v) is 10.0. The molecule has 0 fully saturated rings. The van der Waals surface area contributed by atoms with Crippen molar-refractivity contribution in [1.29, 1.82) is 0 Å². The summed E-state index contributed by atoms with van der Waals surface area (Å²) in [6.45, 7) is 5.88. The number of benzene rings is 1. The molecular formula is C26H34N4O3. The molecule has 2 aliphatic rings. The Labute approximate surface area is 195 Å². The molecule has 2 N–H and O–H groups in total. The fourth-order valence-corrected chi connectivity index (χ4v) is 4.80. The Kier molecular flexibility index (Phi) is 6.61. The van der Waals surface area contributed by atoms with Crippen molar-refractivity contribution in [2.24, 2.45) is 5.41 Å². The third-order valence-electron chi connectivity index (χ3n) is 6.24. The predicted octanol–water partition coefficient (Wildman–Crippen LogP) is 3.96. The maximum Gasteiger partial charge on any atom is 0.239 e. The molecule has 0 unspecified atom stereocenters. The second kappa shape index (κ2) is 9.43. The van der Waals surface area contributed by atoms with Crippen LogP contribution in [0.15, 0.2) is 58.3 Å². The van der Waals surface area contributed by atoms with Gasteiger partial charge in [0.2, 0.25) is 5.91 Å². The molecule has 176 valence electrons. The van der Waals surface area contributed by atoms with E-state index in [9.17, 15) is 9.59 Å². The number of furan rings is 1. The van der Waals surface area contributed by atoms with E-state index >= 15 is 0 Å². The number of hydrogen-bond donors (Lipinski definition) is 2. The van der Waals surface area contributed by atoms with E-state index in [2.05, 4.69) is 29.4 Å². The number of anilines is 2. The average Bonchev–Trinajstić information content (AvgIpc) is 3.22. The molecule has 1 atom stereocenters. The SMILES string of the molecule is CN(C)CCCNC(=O)CN1c2ccccc2NC2=C(C(=O)CC(C)(C)C2)[C@@H]1c1ccco1. The molecule has 7 heteroatoms. The molecule has 0 saturated carbocycles. The van der Waals surface area contributed by atoms with Crippen LogP contribution >= 0.6 is 0 Å². The molecule has 0 spiro atoms. The highest BCUT2D eigenvalue weighted by molar-refractivity contribution is 6.01. The van der Waals surface area contributed by atoms with Gasteiger partial charge in [0, 0.05) is 24.2 Å². The third-order valence-corrected chi connectivity index (χ3v) is 6.24. The number of carbonyl (C=O) groups excluding carboxylic acids is 2. The van der Waals surface area contributed by atoms with E-state index in [-0.39, 0.29) is 23.7 Å². The summed E-state index contributed by atoms with van der Waals surface area (Å²) in [7, 11) is 4.04. The van der Waals surface area contributed by atoms with Crippen molar-refractivity contribution in [3.8, 4) is 0 Å². The maximum atomic E-state index is 13.5. The number of para-hydroxylation sites is 2. The number of nitrogens with zero attached hydrogens (tertiary/aromatic N) is 2. The van der Waals surface area contributed by atoms with Crippen LogP contribution in [0.2, 0.25) is 0 Å². The highest BCUT2D eigenvalue weighted by atomic mass is 16.3. The van der Waals surface area contributed by atoms with E-state index < -0.39 is 6.04 Å². The first-order valence-electron chi connectivity index (χ1n) is 11.6. The Hall–Kier alpha value is -3.06. The van der Waals surface area contributed by atoms with E-state index in [1.807, 2.05) is 55.4 Å². The van der Waals surface area contributed by atoms with Crippen LogP contribution in [-0.2, 0) is 9.59 Å². The van der Waals surface area contributed by atoms with E-state index in [4.69, 9.17) is 4.42 Å². The number of hydrogen-bond acceptors (Lipinski definition) is 6. The molecule has 4 rings (SSSR count). The molecule has 2 heterocycles. The largest absolute Gasteiger partial charge is 0.467 e. The van der Waals surface area contributed by atoms with Gasteiger partial charge < -0.3 is 24.9 Å². The molecule has 1 aliphatic carbocycles. The number of ketones is 1. The Bertz CT molecular complexity index is 1040. The molecule has 33 heavy (non-hydrogen) atoms. The van der Waals surface area contributed by atoms with Crippen LogP contribution in [-0.4, -0.2) is 50.3 Å². The molecule has 0 bridgehead atoms. The van der Waals surface area contributed by atoms with Crippen LogP contribution in [0.3, 0.4) is 0 Å². The van der Waals surface area contributed by atoms with Gasteiger partial charge in [0.05, 0.1) is 24.2 Å². The molecule has 1 aromatic carbocycles. The minimum Gasteiger partial charge on any atom is -0.467 e. The van der Waals surface area contributed by atoms with Crippen molar-refractivity contribution in [3.05, 3.63) is 59.7 Å². The molecule has 1 aromatic heterocycles. The van der Waals surface area contributed by atoms with Gasteiger partial charge in [0.25, 0.3) is 0 Å². The van der Waals surface area contributed by atoms with Gasteiger partial charge in [0.15, 0.2) is 5.78 Å². The summed E-state index contributed by atoms with van der Waals surface area (Å²) in [5, 5.41) is 6.59. The standard InChI is InChI=1S/C26H34N4O3/c1-26(2)15-19-24(21(31)16-26)25(22-11-7-14-33-22)30(20-10-6-5-9-18(20)28-19)17-23(32)27-12-8-13-29(3)4/h5-7,9-11,14,25,28H,8,12-13,15-17H2,1-4H3,(H,27,32)/t25-/m0/s1. The fourth-order valence-electron chi connectivity index (χ4n) is 4.80. The lowest BCUT2D eigenvalue weighted by atomic mass is 9.74. The summed E-state index contributed by atoms with van der Waals surface area (Å²) in [4.78, 5) is 30.6. The molecule has 1 aliphatic heterocycles. The van der Waals surface area contributed by atoms with Gasteiger partial charge >= 0.3 is 0 Å². The predicted molar refractivity (Wildman–Crippen MR) is 130 cm³/mol. The second-order valence-electron chi connectivity index (χ2n) is 10.0. The summed E-state index contributed by atoms with van der Waals surface area (Å²) in [5.74, 6) is 0.682. The van der Waals surface area contributed by atoms with Gasteiger partial charge in [-0.3, -0.25) is 9.59 Å². The number of nitrogens with one attached hydrogen (secondary N) is 2. The average molecular weight is 451 g/mol. The first-order valence-corrected chi connectivity index (χ1v) is 11.6. The Morgan fingerprint density at radius 3 is 2.73 bits per heavy atom. The van der Waals surface area contributed by atoms with Crippen LogP contribution in [0.4, 0.5) is 11.4 Å². The monoisotopic (exact) mass is 450 g/mol. The van der Waals surface area contributed by atoms with Gasteiger partial charge in [-0.1, -0.05) is 26.0 Å². The number of amides is 1. The molecule has 0 saturated heterocycles. The Morgan fingerprint density at radius 2 is 2.00 bits per heavy atom. The zero-order valence-corrected chi connectivity index (χ0v) is 20.0. The number of rotatable bonds is 7. The highest BCUT2D eigenvalue weighted by Gasteiger charge is 2.42. The van der Waals surface area contributed by atoms with Crippen molar-refractivity contribution in [1.82, 2.24) is 10.2 Å². The van der Waals surface area contributed by atoms with Crippen molar-refractivity contribution in [3.63, 3.8) is 0 Å². The van der Waals surface area contributed by atoms with E-state index in [1.54, 1.807) is 6.26 Å². The quantitative estimate of drug-likeness (QED) is 0.622. The maximum absolute atomic E-state index is 13.5. The minimum atomic E-state index is -0.470. The summed E-state index contributed by atoms with van der Waals surface area (Å²) in [6.07, 6.45) is 3.72. The Morgan fingerprint density at radius 1 is 1.21 bits per heavy atom. The number of Topliss-reactive ketones (excluding diaryl/α,β-unsaturated/α-hetero) is 1. The lowest BCUT2D eigenvalue weighted by molar-refractivity contribution is -0.120. The summed E-state index contributed by atoms with van der Waals surface area (Å²) in [6, 6.07) is 11.2.